The molecule has 1 aromatic carbocycles. The average molecular weight is 240 g/mol. The Labute approximate surface area is 103 Å². The number of hydrogen-bond acceptors (Lipinski definition) is 5. The molecule has 5 heteroatoms. The molecule has 0 amide bonds. The number of nitriles is 1. The first kappa shape index (κ1) is 10.4. The number of ether oxygens (including phenoxy) is 3. The van der Waals surface area contributed by atoms with Gasteiger partial charge in [0.05, 0.1) is 6.20 Å². The van der Waals surface area contributed by atoms with Crippen LogP contribution in [0.25, 0.3) is 0 Å². The number of rotatable bonds is 2. The van der Waals surface area contributed by atoms with E-state index in [4.69, 9.17) is 19.5 Å². The summed E-state index contributed by atoms with van der Waals surface area (Å²) in [4.78, 5) is 3.92. The van der Waals surface area contributed by atoms with E-state index in [9.17, 15) is 0 Å². The van der Waals surface area contributed by atoms with Gasteiger partial charge in [-0.15, -0.1) is 0 Å². The third-order valence-corrected chi connectivity index (χ3v) is 2.43. The van der Waals surface area contributed by atoms with Gasteiger partial charge in [0.15, 0.2) is 11.5 Å². The second-order valence-electron chi connectivity index (χ2n) is 3.61. The second-order valence-corrected chi connectivity index (χ2v) is 3.61. The van der Waals surface area contributed by atoms with Gasteiger partial charge in [-0.3, -0.25) is 0 Å². The zero-order valence-corrected chi connectivity index (χ0v) is 9.29. The summed E-state index contributed by atoms with van der Waals surface area (Å²) in [5.74, 6) is 2.56. The Morgan fingerprint density at radius 2 is 1.94 bits per heavy atom. The zero-order valence-electron chi connectivity index (χ0n) is 9.29. The van der Waals surface area contributed by atoms with Gasteiger partial charge in [0.1, 0.15) is 23.3 Å². The van der Waals surface area contributed by atoms with Crippen molar-refractivity contribution < 1.29 is 14.2 Å². The van der Waals surface area contributed by atoms with Crippen molar-refractivity contribution in [3.05, 3.63) is 42.2 Å². The number of benzene rings is 1. The standard InChI is InChI=1S/C13H8N2O3/c14-6-9-1-2-11(7-15-9)18-10-3-4-12-13(5-10)17-8-16-12/h1-5,7H,8H2. The summed E-state index contributed by atoms with van der Waals surface area (Å²) in [6.07, 6.45) is 1.50. The molecular weight excluding hydrogens is 232 g/mol. The minimum absolute atomic E-state index is 0.233. The first-order valence-electron chi connectivity index (χ1n) is 5.29. The Morgan fingerprint density at radius 1 is 1.11 bits per heavy atom. The molecule has 5 nitrogen and oxygen atoms in total. The van der Waals surface area contributed by atoms with E-state index in [1.165, 1.54) is 6.20 Å². The summed E-state index contributed by atoms with van der Waals surface area (Å²) in [6.45, 7) is 0.233. The zero-order chi connectivity index (χ0) is 12.4. The van der Waals surface area contributed by atoms with Crippen LogP contribution in [0.3, 0.4) is 0 Å². The highest BCUT2D eigenvalue weighted by Crippen LogP contribution is 2.36. The van der Waals surface area contributed by atoms with Gasteiger partial charge < -0.3 is 14.2 Å². The lowest BCUT2D eigenvalue weighted by molar-refractivity contribution is 0.174. The minimum Gasteiger partial charge on any atom is -0.456 e. The molecule has 0 bridgehead atoms. The normalized spacial score (nSPS) is 11.9. The molecule has 3 rings (SSSR count). The van der Waals surface area contributed by atoms with Crippen molar-refractivity contribution in [1.29, 1.82) is 5.26 Å². The van der Waals surface area contributed by atoms with Crippen LogP contribution in [-0.4, -0.2) is 11.8 Å². The Bertz CT molecular complexity index is 617. The lowest BCUT2D eigenvalue weighted by Crippen LogP contribution is -1.92. The molecule has 0 unspecified atom stereocenters. The van der Waals surface area contributed by atoms with Crippen molar-refractivity contribution in [1.82, 2.24) is 4.98 Å². The maximum absolute atomic E-state index is 8.64. The van der Waals surface area contributed by atoms with E-state index in [2.05, 4.69) is 4.98 Å². The highest BCUT2D eigenvalue weighted by Gasteiger charge is 2.13. The summed E-state index contributed by atoms with van der Waals surface area (Å²) < 4.78 is 16.1. The van der Waals surface area contributed by atoms with Crippen molar-refractivity contribution in [2.45, 2.75) is 0 Å². The van der Waals surface area contributed by atoms with Gasteiger partial charge in [-0.05, 0) is 24.3 Å². The predicted octanol–water partition coefficient (Wildman–Crippen LogP) is 2.47. The topological polar surface area (TPSA) is 64.4 Å². The molecule has 0 saturated carbocycles. The molecule has 88 valence electrons. The number of hydrogen-bond donors (Lipinski definition) is 0. The third-order valence-electron chi connectivity index (χ3n) is 2.43. The van der Waals surface area contributed by atoms with E-state index in [1.807, 2.05) is 6.07 Å². The summed E-state index contributed by atoms with van der Waals surface area (Å²) in [5.41, 5.74) is 0.355. The van der Waals surface area contributed by atoms with Crippen molar-refractivity contribution in [3.63, 3.8) is 0 Å². The quantitative estimate of drug-likeness (QED) is 0.806. The maximum Gasteiger partial charge on any atom is 0.231 e. The van der Waals surface area contributed by atoms with Gasteiger partial charge in [0.2, 0.25) is 6.79 Å². The van der Waals surface area contributed by atoms with Gasteiger partial charge >= 0.3 is 0 Å². The number of aromatic nitrogens is 1. The van der Waals surface area contributed by atoms with Crippen LogP contribution in [0.4, 0.5) is 0 Å². The maximum atomic E-state index is 8.64. The lowest BCUT2D eigenvalue weighted by Gasteiger charge is -2.05. The molecule has 18 heavy (non-hydrogen) atoms. The summed E-state index contributed by atoms with van der Waals surface area (Å²) in [7, 11) is 0. The van der Waals surface area contributed by atoms with Gasteiger partial charge in [-0.1, -0.05) is 0 Å². The summed E-state index contributed by atoms with van der Waals surface area (Å²) in [6, 6.07) is 10.6. The molecule has 0 aliphatic carbocycles. The van der Waals surface area contributed by atoms with Crippen LogP contribution in [-0.2, 0) is 0 Å². The Morgan fingerprint density at radius 3 is 2.72 bits per heavy atom. The molecule has 1 aromatic heterocycles. The highest BCUT2D eigenvalue weighted by molar-refractivity contribution is 5.47. The average Bonchev–Trinajstić information content (AvgIpc) is 2.87. The monoisotopic (exact) mass is 240 g/mol. The number of nitrogens with zero attached hydrogens (tertiary/aromatic N) is 2. The molecule has 0 atom stereocenters. The molecule has 0 N–H and O–H groups in total. The van der Waals surface area contributed by atoms with Gasteiger partial charge in [0.25, 0.3) is 0 Å². The van der Waals surface area contributed by atoms with Crippen LogP contribution in [0, 0.1) is 11.3 Å². The second kappa shape index (κ2) is 4.26. The first-order valence-corrected chi connectivity index (χ1v) is 5.29. The van der Waals surface area contributed by atoms with Gasteiger partial charge in [0, 0.05) is 6.07 Å². The predicted molar refractivity (Wildman–Crippen MR) is 61.6 cm³/mol. The molecule has 1 aliphatic rings. The minimum atomic E-state index is 0.233. The smallest absolute Gasteiger partial charge is 0.231 e. The van der Waals surface area contributed by atoms with Crippen molar-refractivity contribution in [2.75, 3.05) is 6.79 Å². The molecule has 0 spiro atoms. The SMILES string of the molecule is N#Cc1ccc(Oc2ccc3c(c2)OCO3)cn1. The van der Waals surface area contributed by atoms with Crippen LogP contribution >= 0.6 is 0 Å². The van der Waals surface area contributed by atoms with E-state index in [0.717, 1.165) is 0 Å². The van der Waals surface area contributed by atoms with E-state index in [1.54, 1.807) is 30.3 Å². The fraction of sp³-hybridized carbons (Fsp3) is 0.0769. The lowest BCUT2D eigenvalue weighted by atomic mass is 10.3. The Hall–Kier alpha value is -2.74. The fourth-order valence-electron chi connectivity index (χ4n) is 1.58. The van der Waals surface area contributed by atoms with Crippen molar-refractivity contribution in [2.24, 2.45) is 0 Å². The Kier molecular flexibility index (Phi) is 2.47. The molecular formula is C13H8N2O3. The molecule has 2 heterocycles. The third kappa shape index (κ3) is 1.92. The molecule has 0 saturated heterocycles. The number of fused-ring (bicyclic) bond motifs is 1. The molecule has 0 fully saturated rings. The van der Waals surface area contributed by atoms with E-state index in [0.29, 0.717) is 28.7 Å². The molecule has 2 aromatic rings. The highest BCUT2D eigenvalue weighted by atomic mass is 16.7. The van der Waals surface area contributed by atoms with Crippen molar-refractivity contribution >= 4 is 0 Å². The molecule has 1 aliphatic heterocycles. The summed E-state index contributed by atoms with van der Waals surface area (Å²) in [5, 5.41) is 8.64. The van der Waals surface area contributed by atoms with Gasteiger partial charge in [-0.2, -0.15) is 5.26 Å². The largest absolute Gasteiger partial charge is 0.456 e. The first-order chi connectivity index (χ1) is 8.85. The van der Waals surface area contributed by atoms with Crippen LogP contribution in [0.5, 0.6) is 23.0 Å². The van der Waals surface area contributed by atoms with Crippen LogP contribution in [0.2, 0.25) is 0 Å². The summed E-state index contributed by atoms with van der Waals surface area (Å²) >= 11 is 0. The Balaban J connectivity index is 1.81. The number of pyridine rings is 1. The van der Waals surface area contributed by atoms with E-state index >= 15 is 0 Å². The van der Waals surface area contributed by atoms with Crippen LogP contribution in [0.15, 0.2) is 36.5 Å². The fourth-order valence-corrected chi connectivity index (χ4v) is 1.58. The van der Waals surface area contributed by atoms with Crippen LogP contribution < -0.4 is 14.2 Å². The van der Waals surface area contributed by atoms with Gasteiger partial charge in [-0.25, -0.2) is 4.98 Å². The van der Waals surface area contributed by atoms with E-state index < -0.39 is 0 Å². The van der Waals surface area contributed by atoms with E-state index in [-0.39, 0.29) is 6.79 Å². The molecule has 0 radical (unpaired) electrons. The van der Waals surface area contributed by atoms with Crippen molar-refractivity contribution in [3.8, 4) is 29.1 Å². The van der Waals surface area contributed by atoms with Crippen LogP contribution in [0.1, 0.15) is 5.69 Å².